The van der Waals surface area contributed by atoms with Crippen molar-refractivity contribution >= 4 is 17.4 Å². The molecule has 0 aliphatic carbocycles. The first-order chi connectivity index (χ1) is 8.72. The molecule has 4 nitrogen and oxygen atoms in total. The third-order valence-corrected chi connectivity index (χ3v) is 3.18. The van der Waals surface area contributed by atoms with Crippen molar-refractivity contribution in [3.8, 4) is 0 Å². The Bertz CT molecular complexity index is 516. The van der Waals surface area contributed by atoms with Crippen molar-refractivity contribution in [1.29, 1.82) is 0 Å². The van der Waals surface area contributed by atoms with Gasteiger partial charge < -0.3 is 4.90 Å². The van der Waals surface area contributed by atoms with Crippen LogP contribution < -0.4 is 4.90 Å². The Balaban J connectivity index is 2.26. The number of aromatic nitrogens is 3. The first-order valence-corrected chi connectivity index (χ1v) is 6.21. The zero-order valence-corrected chi connectivity index (χ0v) is 11.2. The molecule has 2 aromatic heterocycles. The topological polar surface area (TPSA) is 41.9 Å². The molecule has 0 amide bonds. The van der Waals surface area contributed by atoms with Crippen LogP contribution >= 0.6 is 11.6 Å². The Kier molecular flexibility index (Phi) is 4.10. The van der Waals surface area contributed by atoms with Gasteiger partial charge in [-0.25, -0.2) is 9.97 Å². The maximum atomic E-state index is 6.03. The minimum absolute atomic E-state index is 0.508. The summed E-state index contributed by atoms with van der Waals surface area (Å²) in [6.45, 7) is 5.67. The van der Waals surface area contributed by atoms with Crippen LogP contribution in [0.5, 0.6) is 0 Å². The number of pyridine rings is 1. The molecule has 94 valence electrons. The predicted molar refractivity (Wildman–Crippen MR) is 72.7 cm³/mol. The summed E-state index contributed by atoms with van der Waals surface area (Å²) in [5.41, 5.74) is 2.11. The molecule has 0 spiro atoms. The number of hydrogen-bond acceptors (Lipinski definition) is 4. The highest BCUT2D eigenvalue weighted by Crippen LogP contribution is 2.23. The normalized spacial score (nSPS) is 10.4. The zero-order chi connectivity index (χ0) is 13.0. The molecule has 5 heteroatoms. The van der Waals surface area contributed by atoms with Crippen LogP contribution in [0.1, 0.15) is 18.1 Å². The molecule has 0 fully saturated rings. The lowest BCUT2D eigenvalue weighted by atomic mass is 10.2. The van der Waals surface area contributed by atoms with Crippen LogP contribution in [-0.4, -0.2) is 21.5 Å². The molecular weight excluding hydrogens is 248 g/mol. The maximum Gasteiger partial charge on any atom is 0.137 e. The van der Waals surface area contributed by atoms with Crippen LogP contribution in [0.3, 0.4) is 0 Å². The highest BCUT2D eigenvalue weighted by atomic mass is 35.5. The van der Waals surface area contributed by atoms with Gasteiger partial charge in [-0.15, -0.1) is 0 Å². The summed E-state index contributed by atoms with van der Waals surface area (Å²) in [4.78, 5) is 14.5. The number of rotatable bonds is 4. The smallest absolute Gasteiger partial charge is 0.137 e. The van der Waals surface area contributed by atoms with Crippen LogP contribution in [-0.2, 0) is 6.54 Å². The quantitative estimate of drug-likeness (QED) is 0.795. The van der Waals surface area contributed by atoms with Crippen molar-refractivity contribution in [2.75, 3.05) is 11.4 Å². The zero-order valence-electron chi connectivity index (χ0n) is 10.5. The summed E-state index contributed by atoms with van der Waals surface area (Å²) < 4.78 is 0. The lowest BCUT2D eigenvalue weighted by Gasteiger charge is -2.23. The van der Waals surface area contributed by atoms with Gasteiger partial charge in [0.1, 0.15) is 17.3 Å². The van der Waals surface area contributed by atoms with E-state index in [1.165, 1.54) is 11.9 Å². The Morgan fingerprint density at radius 2 is 1.94 bits per heavy atom. The SMILES string of the molecule is CCN(Cc1ccncc1)c1ncnc(Cl)c1C. The van der Waals surface area contributed by atoms with Crippen molar-refractivity contribution in [3.63, 3.8) is 0 Å². The molecule has 0 saturated heterocycles. The molecule has 18 heavy (non-hydrogen) atoms. The second-order valence-corrected chi connectivity index (χ2v) is 4.34. The van der Waals surface area contributed by atoms with E-state index in [1.807, 2.05) is 19.1 Å². The van der Waals surface area contributed by atoms with Crippen molar-refractivity contribution in [1.82, 2.24) is 15.0 Å². The fourth-order valence-electron chi connectivity index (χ4n) is 1.78. The molecular formula is C13H15ClN4. The fraction of sp³-hybridized carbons (Fsp3) is 0.308. The summed E-state index contributed by atoms with van der Waals surface area (Å²) >= 11 is 6.03. The van der Waals surface area contributed by atoms with E-state index in [0.717, 1.165) is 24.5 Å². The molecule has 0 aliphatic rings. The van der Waals surface area contributed by atoms with E-state index in [-0.39, 0.29) is 0 Å². The first-order valence-electron chi connectivity index (χ1n) is 5.83. The van der Waals surface area contributed by atoms with E-state index < -0.39 is 0 Å². The molecule has 0 aromatic carbocycles. The van der Waals surface area contributed by atoms with E-state index >= 15 is 0 Å². The Morgan fingerprint density at radius 1 is 1.22 bits per heavy atom. The molecule has 0 radical (unpaired) electrons. The summed E-state index contributed by atoms with van der Waals surface area (Å²) in [6, 6.07) is 4.00. The van der Waals surface area contributed by atoms with Crippen molar-refractivity contribution in [2.45, 2.75) is 20.4 Å². The van der Waals surface area contributed by atoms with Crippen LogP contribution in [0.25, 0.3) is 0 Å². The molecule has 0 atom stereocenters. The Morgan fingerprint density at radius 3 is 2.61 bits per heavy atom. The van der Waals surface area contributed by atoms with Crippen molar-refractivity contribution in [2.24, 2.45) is 0 Å². The van der Waals surface area contributed by atoms with E-state index in [2.05, 4.69) is 26.8 Å². The number of nitrogens with zero attached hydrogens (tertiary/aromatic N) is 4. The van der Waals surface area contributed by atoms with E-state index in [9.17, 15) is 0 Å². The van der Waals surface area contributed by atoms with Gasteiger partial charge >= 0.3 is 0 Å². The lowest BCUT2D eigenvalue weighted by Crippen LogP contribution is -2.24. The molecule has 2 rings (SSSR count). The van der Waals surface area contributed by atoms with Crippen LogP contribution in [0, 0.1) is 6.92 Å². The average molecular weight is 263 g/mol. The molecule has 0 N–H and O–H groups in total. The fourth-order valence-corrected chi connectivity index (χ4v) is 1.91. The average Bonchev–Trinajstić information content (AvgIpc) is 2.41. The largest absolute Gasteiger partial charge is 0.352 e. The van der Waals surface area contributed by atoms with Gasteiger partial charge in [-0.05, 0) is 31.5 Å². The second kappa shape index (κ2) is 5.78. The number of anilines is 1. The standard InChI is InChI=1S/C13H15ClN4/c1-3-18(8-11-4-6-15-7-5-11)13-10(2)12(14)16-9-17-13/h4-7,9H,3,8H2,1-2H3. The first kappa shape index (κ1) is 12.8. The van der Waals surface area contributed by atoms with E-state index in [1.54, 1.807) is 12.4 Å². The van der Waals surface area contributed by atoms with Gasteiger partial charge in [0.2, 0.25) is 0 Å². The van der Waals surface area contributed by atoms with Gasteiger partial charge in [0, 0.05) is 31.0 Å². The summed E-state index contributed by atoms with van der Waals surface area (Å²) in [5.74, 6) is 0.884. The highest BCUT2D eigenvalue weighted by molar-refractivity contribution is 6.30. The van der Waals surface area contributed by atoms with Crippen LogP contribution in [0.4, 0.5) is 5.82 Å². The number of hydrogen-bond donors (Lipinski definition) is 0. The minimum Gasteiger partial charge on any atom is -0.352 e. The summed E-state index contributed by atoms with van der Waals surface area (Å²) in [6.07, 6.45) is 5.09. The van der Waals surface area contributed by atoms with E-state index in [0.29, 0.717) is 5.15 Å². The molecule has 0 aliphatic heterocycles. The second-order valence-electron chi connectivity index (χ2n) is 3.98. The minimum atomic E-state index is 0.508. The Labute approximate surface area is 112 Å². The van der Waals surface area contributed by atoms with E-state index in [4.69, 9.17) is 11.6 Å². The third kappa shape index (κ3) is 2.76. The molecule has 0 unspecified atom stereocenters. The van der Waals surface area contributed by atoms with Gasteiger partial charge in [0.25, 0.3) is 0 Å². The molecule has 0 bridgehead atoms. The summed E-state index contributed by atoms with van der Waals surface area (Å²) in [5, 5.41) is 0.508. The number of halogens is 1. The third-order valence-electron chi connectivity index (χ3n) is 2.80. The molecule has 0 saturated carbocycles. The van der Waals surface area contributed by atoms with Gasteiger partial charge in [0.05, 0.1) is 0 Å². The van der Waals surface area contributed by atoms with Crippen molar-refractivity contribution in [3.05, 3.63) is 47.1 Å². The van der Waals surface area contributed by atoms with Gasteiger partial charge in [-0.1, -0.05) is 11.6 Å². The highest BCUT2D eigenvalue weighted by Gasteiger charge is 2.12. The predicted octanol–water partition coefficient (Wildman–Crippen LogP) is 2.86. The summed E-state index contributed by atoms with van der Waals surface area (Å²) in [7, 11) is 0. The molecule has 2 aromatic rings. The van der Waals surface area contributed by atoms with Crippen molar-refractivity contribution < 1.29 is 0 Å². The monoisotopic (exact) mass is 262 g/mol. The maximum absolute atomic E-state index is 6.03. The molecule has 2 heterocycles. The van der Waals surface area contributed by atoms with Gasteiger partial charge in [-0.2, -0.15) is 0 Å². The lowest BCUT2D eigenvalue weighted by molar-refractivity contribution is 0.803. The Hall–Kier alpha value is -1.68. The van der Waals surface area contributed by atoms with Crippen LogP contribution in [0.2, 0.25) is 5.15 Å². The van der Waals surface area contributed by atoms with Gasteiger partial charge in [-0.3, -0.25) is 4.98 Å². The van der Waals surface area contributed by atoms with Crippen LogP contribution in [0.15, 0.2) is 30.9 Å². The van der Waals surface area contributed by atoms with Gasteiger partial charge in [0.15, 0.2) is 0 Å².